The van der Waals surface area contributed by atoms with Crippen molar-refractivity contribution in [3.63, 3.8) is 0 Å². The molecule has 1 fully saturated rings. The van der Waals surface area contributed by atoms with E-state index in [1.165, 1.54) is 0 Å². The minimum absolute atomic E-state index is 0.244. The summed E-state index contributed by atoms with van der Waals surface area (Å²) < 4.78 is 27.2. The molecule has 2 N–H and O–H groups in total. The van der Waals surface area contributed by atoms with E-state index in [1.54, 1.807) is 47.4 Å². The Morgan fingerprint density at radius 2 is 1.86 bits per heavy atom. The lowest BCUT2D eigenvalue weighted by molar-refractivity contribution is -0.144. The second kappa shape index (κ2) is 9.73. The van der Waals surface area contributed by atoms with E-state index in [4.69, 9.17) is 23.2 Å². The fraction of sp³-hybridized carbons (Fsp3) is 0.440. The molecule has 35 heavy (non-hydrogen) atoms. The Balaban J connectivity index is 2.04. The number of carboxylic acid groups (broad SMARTS) is 1. The monoisotopic (exact) mass is 538 g/mol. The van der Waals surface area contributed by atoms with Gasteiger partial charge in [-0.3, -0.25) is 9.59 Å². The van der Waals surface area contributed by atoms with Gasteiger partial charge in [0.05, 0.1) is 11.8 Å². The van der Waals surface area contributed by atoms with Gasteiger partial charge in [0, 0.05) is 27.7 Å². The number of benzene rings is 2. The zero-order valence-corrected chi connectivity index (χ0v) is 21.8. The van der Waals surface area contributed by atoms with Crippen molar-refractivity contribution in [2.75, 3.05) is 6.26 Å². The third-order valence-electron chi connectivity index (χ3n) is 7.24. The number of carbonyl (C=O) groups is 2. The lowest BCUT2D eigenvalue weighted by Crippen LogP contribution is -2.66. The number of hydrogen-bond acceptors (Lipinski definition) is 4. The first-order chi connectivity index (χ1) is 16.5. The van der Waals surface area contributed by atoms with Crippen LogP contribution < -0.4 is 4.72 Å². The summed E-state index contributed by atoms with van der Waals surface area (Å²) >= 11 is 12.9. The Labute approximate surface area is 215 Å². The van der Waals surface area contributed by atoms with Crippen LogP contribution in [0.15, 0.2) is 42.5 Å². The highest BCUT2D eigenvalue weighted by Gasteiger charge is 2.58. The maximum absolute atomic E-state index is 14.2. The summed E-state index contributed by atoms with van der Waals surface area (Å²) in [5.41, 5.74) is -0.168. The number of carbonyl (C=O) groups excluding carboxylic acids is 1. The number of aliphatic carboxylic acids is 1. The molecule has 1 aliphatic heterocycles. The first-order valence-corrected chi connectivity index (χ1v) is 14.2. The second-order valence-electron chi connectivity index (χ2n) is 9.28. The number of amides is 1. The zero-order chi connectivity index (χ0) is 25.5. The molecule has 4 unspecified atom stereocenters. The highest BCUT2D eigenvalue weighted by Crippen LogP contribution is 2.53. The number of carboxylic acids is 1. The maximum atomic E-state index is 14.2. The number of sulfonamides is 1. The van der Waals surface area contributed by atoms with E-state index in [9.17, 15) is 23.1 Å². The molecule has 4 atom stereocenters. The van der Waals surface area contributed by atoms with Crippen LogP contribution in [0.2, 0.25) is 10.0 Å². The van der Waals surface area contributed by atoms with Gasteiger partial charge in [0.15, 0.2) is 0 Å². The van der Waals surface area contributed by atoms with Crippen LogP contribution in [-0.2, 0) is 20.4 Å². The third-order valence-corrected chi connectivity index (χ3v) is 8.52. The number of halogens is 2. The fourth-order valence-corrected chi connectivity index (χ4v) is 7.36. The van der Waals surface area contributed by atoms with Gasteiger partial charge >= 0.3 is 5.97 Å². The third kappa shape index (κ3) is 4.57. The predicted molar refractivity (Wildman–Crippen MR) is 135 cm³/mol. The lowest BCUT2D eigenvalue weighted by Gasteiger charge is -2.56. The molecular weight excluding hydrogens is 511 g/mol. The Morgan fingerprint density at radius 3 is 2.49 bits per heavy atom. The van der Waals surface area contributed by atoms with Gasteiger partial charge in [-0.25, -0.2) is 13.1 Å². The van der Waals surface area contributed by atoms with Crippen molar-refractivity contribution >= 4 is 45.1 Å². The average molecular weight is 539 g/mol. The number of rotatable bonds is 6. The van der Waals surface area contributed by atoms with E-state index in [2.05, 4.69) is 4.72 Å². The van der Waals surface area contributed by atoms with Gasteiger partial charge in [0.1, 0.15) is 5.92 Å². The molecule has 2 aliphatic rings. The Bertz CT molecular complexity index is 1270. The molecule has 0 bridgehead atoms. The smallest absolute Gasteiger partial charge is 0.313 e. The topological polar surface area (TPSA) is 104 Å². The van der Waals surface area contributed by atoms with Gasteiger partial charge in [-0.15, -0.1) is 0 Å². The summed E-state index contributed by atoms with van der Waals surface area (Å²) in [6.07, 6.45) is 3.98. The molecule has 0 spiro atoms. The number of fused-ring (bicyclic) bond motifs is 1. The van der Waals surface area contributed by atoms with Gasteiger partial charge in [0.25, 0.3) is 5.91 Å². The van der Waals surface area contributed by atoms with Crippen molar-refractivity contribution in [1.82, 2.24) is 9.62 Å². The van der Waals surface area contributed by atoms with E-state index in [0.29, 0.717) is 34.6 Å². The standard InChI is InChI=1S/C25H28Cl2N2O5S/c1-3-25(18-13-12-15(26)14-19(18)27)22(24(31)32)16-8-4-5-9-17(16)23(30)29(25)21-11-7-6-10-20(21)28-35(2,33)34/h4-5,8-9,12-14,20-22,28H,3,6-7,10-11H2,1-2H3,(H,31,32). The second-order valence-corrected chi connectivity index (χ2v) is 11.9. The summed E-state index contributed by atoms with van der Waals surface area (Å²) in [4.78, 5) is 28.8. The summed E-state index contributed by atoms with van der Waals surface area (Å²) in [6, 6.07) is 10.5. The van der Waals surface area contributed by atoms with Crippen LogP contribution in [0.1, 0.15) is 66.4 Å². The molecule has 7 nitrogen and oxygen atoms in total. The van der Waals surface area contributed by atoms with Crippen LogP contribution in [-0.4, -0.2) is 48.6 Å². The molecule has 4 rings (SSSR count). The van der Waals surface area contributed by atoms with Crippen LogP contribution >= 0.6 is 23.2 Å². The van der Waals surface area contributed by atoms with E-state index < -0.39 is 39.5 Å². The van der Waals surface area contributed by atoms with E-state index in [0.717, 1.165) is 19.1 Å². The van der Waals surface area contributed by atoms with Crippen LogP contribution in [0.5, 0.6) is 0 Å². The highest BCUT2D eigenvalue weighted by molar-refractivity contribution is 7.88. The molecule has 1 aliphatic carbocycles. The number of nitrogens with zero attached hydrogens (tertiary/aromatic N) is 1. The minimum Gasteiger partial charge on any atom is -0.481 e. The fourth-order valence-electron chi connectivity index (χ4n) is 5.96. The Morgan fingerprint density at radius 1 is 1.17 bits per heavy atom. The van der Waals surface area contributed by atoms with Crippen molar-refractivity contribution in [3.8, 4) is 0 Å². The molecule has 10 heteroatoms. The summed E-state index contributed by atoms with van der Waals surface area (Å²) in [7, 11) is -3.57. The predicted octanol–water partition coefficient (Wildman–Crippen LogP) is 4.78. The number of nitrogens with one attached hydrogen (secondary N) is 1. The summed E-state index contributed by atoms with van der Waals surface area (Å²) in [5.74, 6) is -2.55. The molecule has 2 aromatic carbocycles. The van der Waals surface area contributed by atoms with Gasteiger partial charge in [-0.2, -0.15) is 0 Å². The maximum Gasteiger partial charge on any atom is 0.313 e. The highest BCUT2D eigenvalue weighted by atomic mass is 35.5. The lowest BCUT2D eigenvalue weighted by atomic mass is 9.66. The molecule has 1 heterocycles. The van der Waals surface area contributed by atoms with Crippen LogP contribution in [0.4, 0.5) is 0 Å². The van der Waals surface area contributed by atoms with Gasteiger partial charge in [-0.1, -0.05) is 67.2 Å². The average Bonchev–Trinajstić information content (AvgIpc) is 2.78. The molecule has 188 valence electrons. The molecule has 0 saturated heterocycles. The quantitative estimate of drug-likeness (QED) is 0.550. The molecular formula is C25H28Cl2N2O5S. The SMILES string of the molecule is CCC1(c2ccc(Cl)cc2Cl)C(C(=O)O)c2ccccc2C(=O)N1C1CCCCC1NS(C)(=O)=O. The summed E-state index contributed by atoms with van der Waals surface area (Å²) in [5, 5.41) is 11.2. The Kier molecular flexibility index (Phi) is 7.21. The molecule has 1 saturated carbocycles. The first-order valence-electron chi connectivity index (χ1n) is 11.6. The summed E-state index contributed by atoms with van der Waals surface area (Å²) in [6.45, 7) is 1.83. The van der Waals surface area contributed by atoms with Gasteiger partial charge in [-0.05, 0) is 48.6 Å². The molecule has 1 amide bonds. The van der Waals surface area contributed by atoms with Crippen molar-refractivity contribution < 1.29 is 23.1 Å². The molecule has 0 aromatic heterocycles. The van der Waals surface area contributed by atoms with E-state index >= 15 is 0 Å². The van der Waals surface area contributed by atoms with Crippen LogP contribution in [0, 0.1) is 0 Å². The normalized spacial score (nSPS) is 26.9. The largest absolute Gasteiger partial charge is 0.481 e. The zero-order valence-electron chi connectivity index (χ0n) is 19.5. The van der Waals surface area contributed by atoms with Crippen molar-refractivity contribution in [1.29, 1.82) is 0 Å². The van der Waals surface area contributed by atoms with Crippen LogP contribution in [0.3, 0.4) is 0 Å². The van der Waals surface area contributed by atoms with E-state index in [1.807, 2.05) is 6.92 Å². The van der Waals surface area contributed by atoms with Gasteiger partial charge in [0.2, 0.25) is 10.0 Å². The first kappa shape index (κ1) is 25.9. The number of hydrogen-bond donors (Lipinski definition) is 2. The van der Waals surface area contributed by atoms with E-state index in [-0.39, 0.29) is 17.4 Å². The van der Waals surface area contributed by atoms with Crippen LogP contribution in [0.25, 0.3) is 0 Å². The molecule has 0 radical (unpaired) electrons. The van der Waals surface area contributed by atoms with Crippen molar-refractivity contribution in [2.45, 2.75) is 62.6 Å². The van der Waals surface area contributed by atoms with Crippen molar-refractivity contribution in [3.05, 3.63) is 69.2 Å². The van der Waals surface area contributed by atoms with Gasteiger partial charge < -0.3 is 10.0 Å². The van der Waals surface area contributed by atoms with Crippen molar-refractivity contribution in [2.24, 2.45) is 0 Å². The minimum atomic E-state index is -3.57. The molecule has 2 aromatic rings. The Hall–Kier alpha value is -2.13.